The van der Waals surface area contributed by atoms with Crippen molar-refractivity contribution in [3.63, 3.8) is 0 Å². The van der Waals surface area contributed by atoms with Crippen molar-refractivity contribution >= 4 is 11.4 Å². The molecule has 0 aliphatic rings. The zero-order chi connectivity index (χ0) is 12.1. The summed E-state index contributed by atoms with van der Waals surface area (Å²) in [6.07, 6.45) is 0. The minimum atomic E-state index is -0.440. The van der Waals surface area contributed by atoms with Crippen LogP contribution in [0.15, 0.2) is 18.2 Å². The highest BCUT2D eigenvalue weighted by Crippen LogP contribution is 2.31. The molecular formula is C11H16N2O3. The van der Waals surface area contributed by atoms with E-state index in [-0.39, 0.29) is 5.69 Å². The van der Waals surface area contributed by atoms with Crippen molar-refractivity contribution in [2.75, 3.05) is 25.1 Å². The van der Waals surface area contributed by atoms with Gasteiger partial charge in [-0.25, -0.2) is 0 Å². The minimum Gasteiger partial charge on any atom is -0.490 e. The van der Waals surface area contributed by atoms with Gasteiger partial charge in [0.15, 0.2) is 5.75 Å². The molecule has 1 aromatic rings. The molecule has 0 N–H and O–H groups in total. The highest BCUT2D eigenvalue weighted by molar-refractivity contribution is 5.59. The van der Waals surface area contributed by atoms with Gasteiger partial charge in [0.2, 0.25) is 0 Å². The van der Waals surface area contributed by atoms with Crippen LogP contribution >= 0.6 is 0 Å². The molecule has 1 aromatic carbocycles. The lowest BCUT2D eigenvalue weighted by atomic mass is 10.2. The summed E-state index contributed by atoms with van der Waals surface area (Å²) in [7, 11) is 1.44. The van der Waals surface area contributed by atoms with Crippen LogP contribution in [-0.4, -0.2) is 25.1 Å². The van der Waals surface area contributed by atoms with Crippen molar-refractivity contribution in [1.82, 2.24) is 0 Å². The van der Waals surface area contributed by atoms with E-state index in [9.17, 15) is 10.1 Å². The molecule has 0 amide bonds. The smallest absolute Gasteiger partial charge is 0.311 e. The van der Waals surface area contributed by atoms with Crippen LogP contribution < -0.4 is 9.64 Å². The molecule has 5 nitrogen and oxygen atoms in total. The van der Waals surface area contributed by atoms with Crippen molar-refractivity contribution < 1.29 is 9.66 Å². The van der Waals surface area contributed by atoms with Gasteiger partial charge in [-0.2, -0.15) is 0 Å². The summed E-state index contributed by atoms with van der Waals surface area (Å²) in [5, 5.41) is 10.7. The predicted molar refractivity (Wildman–Crippen MR) is 63.2 cm³/mol. The molecule has 0 spiro atoms. The molecule has 0 saturated carbocycles. The molecule has 0 aromatic heterocycles. The van der Waals surface area contributed by atoms with E-state index in [4.69, 9.17) is 4.74 Å². The fraction of sp³-hybridized carbons (Fsp3) is 0.455. The minimum absolute atomic E-state index is 0.00148. The number of nitrogens with zero attached hydrogens (tertiary/aromatic N) is 2. The second-order valence-electron chi connectivity index (χ2n) is 3.29. The van der Waals surface area contributed by atoms with Gasteiger partial charge in [0, 0.05) is 30.9 Å². The zero-order valence-electron chi connectivity index (χ0n) is 9.77. The first-order chi connectivity index (χ1) is 7.63. The highest BCUT2D eigenvalue weighted by Gasteiger charge is 2.15. The van der Waals surface area contributed by atoms with E-state index in [2.05, 4.69) is 4.90 Å². The van der Waals surface area contributed by atoms with Crippen molar-refractivity contribution in [1.29, 1.82) is 0 Å². The number of anilines is 1. The molecule has 0 aliphatic heterocycles. The van der Waals surface area contributed by atoms with Gasteiger partial charge in [0.05, 0.1) is 12.0 Å². The summed E-state index contributed by atoms with van der Waals surface area (Å²) < 4.78 is 5.02. The van der Waals surface area contributed by atoms with Crippen molar-refractivity contribution in [3.8, 4) is 5.75 Å². The first-order valence-corrected chi connectivity index (χ1v) is 5.21. The molecule has 5 heteroatoms. The Morgan fingerprint density at radius 3 is 2.44 bits per heavy atom. The maximum absolute atomic E-state index is 10.7. The van der Waals surface area contributed by atoms with Gasteiger partial charge >= 0.3 is 5.69 Å². The number of hydrogen-bond donors (Lipinski definition) is 0. The number of methoxy groups -OCH3 is 1. The molecule has 0 fully saturated rings. The number of rotatable bonds is 5. The molecule has 0 bridgehead atoms. The van der Waals surface area contributed by atoms with Crippen LogP contribution in [0.1, 0.15) is 13.8 Å². The van der Waals surface area contributed by atoms with E-state index < -0.39 is 4.92 Å². The Hall–Kier alpha value is -1.78. The van der Waals surface area contributed by atoms with E-state index in [1.807, 2.05) is 13.8 Å². The lowest BCUT2D eigenvalue weighted by molar-refractivity contribution is -0.385. The molecule has 0 aliphatic carbocycles. The van der Waals surface area contributed by atoms with Crippen LogP contribution in [0.3, 0.4) is 0 Å². The predicted octanol–water partition coefficient (Wildman–Crippen LogP) is 2.45. The normalized spacial score (nSPS) is 9.94. The lowest BCUT2D eigenvalue weighted by Crippen LogP contribution is -2.21. The monoisotopic (exact) mass is 224 g/mol. The Morgan fingerprint density at radius 1 is 1.38 bits per heavy atom. The van der Waals surface area contributed by atoms with E-state index in [1.54, 1.807) is 12.1 Å². The summed E-state index contributed by atoms with van der Waals surface area (Å²) in [6, 6.07) is 4.92. The number of nitro benzene ring substituents is 1. The van der Waals surface area contributed by atoms with E-state index in [0.717, 1.165) is 18.8 Å². The van der Waals surface area contributed by atoms with Crippen LogP contribution in [-0.2, 0) is 0 Å². The van der Waals surface area contributed by atoms with Gasteiger partial charge in [-0.05, 0) is 19.9 Å². The summed E-state index contributed by atoms with van der Waals surface area (Å²) in [5.74, 6) is 0.300. The van der Waals surface area contributed by atoms with Crippen molar-refractivity contribution in [2.24, 2.45) is 0 Å². The summed E-state index contributed by atoms with van der Waals surface area (Å²) in [6.45, 7) is 5.80. The third-order valence-corrected chi connectivity index (χ3v) is 2.49. The first-order valence-electron chi connectivity index (χ1n) is 5.21. The average Bonchev–Trinajstić information content (AvgIpc) is 2.30. The quantitative estimate of drug-likeness (QED) is 0.569. The van der Waals surface area contributed by atoms with Crippen LogP contribution in [0, 0.1) is 10.1 Å². The number of nitro groups is 1. The maximum Gasteiger partial charge on any atom is 0.311 e. The Morgan fingerprint density at radius 2 is 2.00 bits per heavy atom. The third kappa shape index (κ3) is 2.42. The molecule has 0 saturated heterocycles. The molecule has 0 radical (unpaired) electrons. The van der Waals surface area contributed by atoms with Gasteiger partial charge < -0.3 is 9.64 Å². The van der Waals surface area contributed by atoms with Gasteiger partial charge in [-0.3, -0.25) is 10.1 Å². The summed E-state index contributed by atoms with van der Waals surface area (Å²) in [4.78, 5) is 12.4. The molecule has 1 rings (SSSR count). The van der Waals surface area contributed by atoms with Gasteiger partial charge in [-0.15, -0.1) is 0 Å². The van der Waals surface area contributed by atoms with Crippen LogP contribution in [0.25, 0.3) is 0 Å². The fourth-order valence-electron chi connectivity index (χ4n) is 1.60. The van der Waals surface area contributed by atoms with Crippen LogP contribution in [0.5, 0.6) is 5.75 Å². The molecule has 88 valence electrons. The largest absolute Gasteiger partial charge is 0.490 e. The van der Waals surface area contributed by atoms with E-state index in [0.29, 0.717) is 5.75 Å². The van der Waals surface area contributed by atoms with Crippen LogP contribution in [0.2, 0.25) is 0 Å². The van der Waals surface area contributed by atoms with E-state index in [1.165, 1.54) is 13.2 Å². The van der Waals surface area contributed by atoms with Crippen molar-refractivity contribution in [2.45, 2.75) is 13.8 Å². The molecule has 0 unspecified atom stereocenters. The first kappa shape index (κ1) is 12.3. The Kier molecular flexibility index (Phi) is 4.10. The van der Waals surface area contributed by atoms with E-state index >= 15 is 0 Å². The third-order valence-electron chi connectivity index (χ3n) is 2.49. The second kappa shape index (κ2) is 5.34. The zero-order valence-corrected chi connectivity index (χ0v) is 9.77. The van der Waals surface area contributed by atoms with Gasteiger partial charge in [0.1, 0.15) is 0 Å². The SMILES string of the molecule is CCN(CC)c1ccc([N+](=O)[O-])c(OC)c1. The number of ether oxygens (including phenoxy) is 1. The molecular weight excluding hydrogens is 208 g/mol. The topological polar surface area (TPSA) is 55.6 Å². The highest BCUT2D eigenvalue weighted by atomic mass is 16.6. The number of hydrogen-bond acceptors (Lipinski definition) is 4. The maximum atomic E-state index is 10.7. The van der Waals surface area contributed by atoms with Crippen molar-refractivity contribution in [3.05, 3.63) is 28.3 Å². The Balaban J connectivity index is 3.12. The average molecular weight is 224 g/mol. The molecule has 16 heavy (non-hydrogen) atoms. The van der Waals surface area contributed by atoms with Gasteiger partial charge in [-0.1, -0.05) is 0 Å². The summed E-state index contributed by atoms with van der Waals surface area (Å²) in [5.41, 5.74) is 0.936. The summed E-state index contributed by atoms with van der Waals surface area (Å²) >= 11 is 0. The molecule has 0 atom stereocenters. The van der Waals surface area contributed by atoms with Gasteiger partial charge in [0.25, 0.3) is 0 Å². The fourth-order valence-corrected chi connectivity index (χ4v) is 1.60. The van der Waals surface area contributed by atoms with Crippen LogP contribution in [0.4, 0.5) is 11.4 Å². The Labute approximate surface area is 94.8 Å². The molecule has 0 heterocycles. The second-order valence-corrected chi connectivity index (χ2v) is 3.29. The standard InChI is InChI=1S/C11H16N2O3/c1-4-12(5-2)9-6-7-10(13(14)15)11(8-9)16-3/h6-8H,4-5H2,1-3H3. The number of benzene rings is 1. The Bertz CT molecular complexity index is 375. The lowest BCUT2D eigenvalue weighted by Gasteiger charge is -2.21.